The second-order valence-corrected chi connectivity index (χ2v) is 3.38. The third kappa shape index (κ3) is 11.7. The summed E-state index contributed by atoms with van der Waals surface area (Å²) < 4.78 is 44.4. The highest BCUT2D eigenvalue weighted by molar-refractivity contribution is 6.50. The van der Waals surface area contributed by atoms with E-state index in [2.05, 4.69) is 19.2 Å². The number of quaternary nitrogens is 1. The predicted molar refractivity (Wildman–Crippen MR) is 41.9 cm³/mol. The van der Waals surface area contributed by atoms with Gasteiger partial charge in [-0.25, -0.2) is 0 Å². The first-order chi connectivity index (χ1) is 5.71. The van der Waals surface area contributed by atoms with Gasteiger partial charge in [0.25, 0.3) is 0 Å². The topological polar surface area (TPSA) is 25.8 Å². The summed E-state index contributed by atoms with van der Waals surface area (Å²) in [7, 11) is -6.00. The Morgan fingerprint density at radius 2 is 1.69 bits per heavy atom. The molecule has 1 aliphatic heterocycles. The smallest absolute Gasteiger partial charge is 0.418 e. The molecule has 0 atom stereocenters. The minimum absolute atomic E-state index is 0.123. The van der Waals surface area contributed by atoms with Crippen molar-refractivity contribution in [2.24, 2.45) is 0 Å². The van der Waals surface area contributed by atoms with E-state index in [9.17, 15) is 17.3 Å². The van der Waals surface area contributed by atoms with Gasteiger partial charge in [0.2, 0.25) is 0 Å². The molecule has 80 valence electrons. The molecule has 0 amide bonds. The molecule has 13 heavy (non-hydrogen) atoms. The fourth-order valence-electron chi connectivity index (χ4n) is 0.927. The minimum atomic E-state index is -6.00. The molecule has 7 heteroatoms. The van der Waals surface area contributed by atoms with Gasteiger partial charge in [-0.1, -0.05) is 0 Å². The maximum Gasteiger partial charge on any atom is 0.673 e. The van der Waals surface area contributed by atoms with Crippen molar-refractivity contribution in [1.29, 1.82) is 0 Å². The first-order valence-corrected chi connectivity index (χ1v) is 4.04. The van der Waals surface area contributed by atoms with Crippen LogP contribution in [0.2, 0.25) is 0 Å². The summed E-state index contributed by atoms with van der Waals surface area (Å²) >= 11 is 0. The van der Waals surface area contributed by atoms with Crippen LogP contribution in [0.15, 0.2) is 0 Å². The molecule has 1 saturated heterocycles. The Morgan fingerprint density at radius 3 is 1.85 bits per heavy atom. The molecule has 2 nitrogen and oxygen atoms in total. The maximum absolute atomic E-state index is 9.75. The zero-order valence-electron chi connectivity index (χ0n) is 7.70. The largest absolute Gasteiger partial charge is 0.673 e. The van der Waals surface area contributed by atoms with Crippen molar-refractivity contribution >= 4 is 7.25 Å². The molecule has 1 rings (SSSR count). The molecule has 0 aromatic carbocycles. The summed E-state index contributed by atoms with van der Waals surface area (Å²) in [5.41, 5.74) is 0.123. The van der Waals surface area contributed by atoms with E-state index >= 15 is 0 Å². The average Bonchev–Trinajstić information content (AvgIpc) is 1.82. The Morgan fingerprint density at radius 1 is 1.23 bits per heavy atom. The average molecular weight is 203 g/mol. The first-order valence-electron chi connectivity index (χ1n) is 4.04. The van der Waals surface area contributed by atoms with Gasteiger partial charge in [0.1, 0.15) is 12.1 Å². The molecule has 0 aromatic heterocycles. The molecule has 0 aliphatic carbocycles. The van der Waals surface area contributed by atoms with Crippen molar-refractivity contribution in [3.05, 3.63) is 0 Å². The second kappa shape index (κ2) is 4.81. The molecular weight excluding hydrogens is 189 g/mol. The molecular formula is C6H14BF4NO. The fourth-order valence-corrected chi connectivity index (χ4v) is 0.927. The number of nitrogens with two attached hydrogens (primary N) is 1. The quantitative estimate of drug-likeness (QED) is 0.454. The van der Waals surface area contributed by atoms with Crippen LogP contribution in [0.1, 0.15) is 13.8 Å². The molecule has 1 heterocycles. The zero-order valence-corrected chi connectivity index (χ0v) is 7.70. The number of hydrogen-bond donors (Lipinski definition) is 1. The summed E-state index contributed by atoms with van der Waals surface area (Å²) in [5.74, 6) is 0. The van der Waals surface area contributed by atoms with E-state index in [1.54, 1.807) is 0 Å². The van der Waals surface area contributed by atoms with Crippen LogP contribution in [0.3, 0.4) is 0 Å². The maximum atomic E-state index is 9.75. The molecule has 0 aromatic rings. The Balaban J connectivity index is 0.000000252. The van der Waals surface area contributed by atoms with Gasteiger partial charge < -0.3 is 27.3 Å². The van der Waals surface area contributed by atoms with E-state index < -0.39 is 7.25 Å². The van der Waals surface area contributed by atoms with Crippen LogP contribution in [0.25, 0.3) is 0 Å². The van der Waals surface area contributed by atoms with Crippen molar-refractivity contribution < 1.29 is 27.3 Å². The highest BCUT2D eigenvalue weighted by atomic mass is 19.5. The number of ether oxygens (including phenoxy) is 1. The van der Waals surface area contributed by atoms with Gasteiger partial charge in [0, 0.05) is 0 Å². The highest BCUT2D eigenvalue weighted by Gasteiger charge is 2.23. The van der Waals surface area contributed by atoms with Crippen molar-refractivity contribution in [3.63, 3.8) is 0 Å². The van der Waals surface area contributed by atoms with Crippen LogP contribution in [0, 0.1) is 0 Å². The van der Waals surface area contributed by atoms with Gasteiger partial charge in [-0.05, 0) is 13.8 Å². The highest BCUT2D eigenvalue weighted by Crippen LogP contribution is 2.06. The van der Waals surface area contributed by atoms with E-state index in [4.69, 9.17) is 4.74 Å². The Kier molecular flexibility index (Phi) is 4.70. The molecule has 2 N–H and O–H groups in total. The summed E-state index contributed by atoms with van der Waals surface area (Å²) in [5, 5.41) is 2.30. The van der Waals surface area contributed by atoms with E-state index in [-0.39, 0.29) is 5.60 Å². The van der Waals surface area contributed by atoms with Crippen LogP contribution in [0.4, 0.5) is 17.3 Å². The fraction of sp³-hybridized carbons (Fsp3) is 1.00. The molecule has 0 saturated carbocycles. The number of hydrogen-bond acceptors (Lipinski definition) is 1. The van der Waals surface area contributed by atoms with Crippen molar-refractivity contribution in [2.75, 3.05) is 19.7 Å². The van der Waals surface area contributed by atoms with Gasteiger partial charge in [0.15, 0.2) is 0 Å². The monoisotopic (exact) mass is 203 g/mol. The SMILES string of the molecule is CC1(C)C[NH2+]CCO1.F[B-](F)(F)F. The third-order valence-corrected chi connectivity index (χ3v) is 1.45. The Hall–Kier alpha value is -0.295. The van der Waals surface area contributed by atoms with Crippen LogP contribution >= 0.6 is 0 Å². The minimum Gasteiger partial charge on any atom is -0.418 e. The second-order valence-electron chi connectivity index (χ2n) is 3.38. The summed E-state index contributed by atoms with van der Waals surface area (Å²) in [6.45, 7) is 7.40. The van der Waals surface area contributed by atoms with Crippen LogP contribution in [-0.2, 0) is 4.74 Å². The molecule has 1 fully saturated rings. The molecule has 0 spiro atoms. The van der Waals surface area contributed by atoms with E-state index in [1.807, 2.05) is 0 Å². The summed E-state index contributed by atoms with van der Waals surface area (Å²) in [6.07, 6.45) is 0. The van der Waals surface area contributed by atoms with Crippen molar-refractivity contribution in [2.45, 2.75) is 19.4 Å². The summed E-state index contributed by atoms with van der Waals surface area (Å²) in [4.78, 5) is 0. The lowest BCUT2D eigenvalue weighted by atomic mass is 10.1. The van der Waals surface area contributed by atoms with Gasteiger partial charge in [-0.3, -0.25) is 0 Å². The molecule has 0 unspecified atom stereocenters. The first kappa shape index (κ1) is 12.7. The van der Waals surface area contributed by atoms with E-state index in [0.717, 1.165) is 19.7 Å². The zero-order chi connectivity index (χ0) is 10.5. The number of halogens is 4. The van der Waals surface area contributed by atoms with Gasteiger partial charge in [-0.15, -0.1) is 0 Å². The van der Waals surface area contributed by atoms with Crippen LogP contribution in [0.5, 0.6) is 0 Å². The molecule has 0 bridgehead atoms. The van der Waals surface area contributed by atoms with Crippen LogP contribution < -0.4 is 5.32 Å². The third-order valence-electron chi connectivity index (χ3n) is 1.45. The standard InChI is InChI=1S/C6H13NO.BF4/c1-6(2)5-7-3-4-8-6;2-1(3,4)5/h7H,3-5H2,1-2H3;/q;-1/p+1. The normalized spacial score (nSPS) is 21.7. The predicted octanol–water partition coefficient (Wildman–Crippen LogP) is 0.659. The van der Waals surface area contributed by atoms with Gasteiger partial charge >= 0.3 is 7.25 Å². The van der Waals surface area contributed by atoms with Crippen LogP contribution in [-0.4, -0.2) is 32.6 Å². The Bertz CT molecular complexity index is 136. The van der Waals surface area contributed by atoms with Gasteiger partial charge in [-0.2, -0.15) is 0 Å². The van der Waals surface area contributed by atoms with Gasteiger partial charge in [0.05, 0.1) is 13.2 Å². The number of morpholine rings is 1. The van der Waals surface area contributed by atoms with E-state index in [0.29, 0.717) is 0 Å². The Labute approximate surface area is 74.7 Å². The lowest BCUT2D eigenvalue weighted by molar-refractivity contribution is -0.684. The molecule has 1 aliphatic rings. The van der Waals surface area contributed by atoms with E-state index in [1.165, 1.54) is 0 Å². The lowest BCUT2D eigenvalue weighted by Crippen LogP contribution is -2.91. The summed E-state index contributed by atoms with van der Waals surface area (Å²) in [6, 6.07) is 0. The molecule has 0 radical (unpaired) electrons. The van der Waals surface area contributed by atoms with Crippen molar-refractivity contribution in [3.8, 4) is 0 Å². The van der Waals surface area contributed by atoms with Crippen molar-refractivity contribution in [1.82, 2.24) is 0 Å². The lowest BCUT2D eigenvalue weighted by Gasteiger charge is -2.27. The number of rotatable bonds is 0.